The van der Waals surface area contributed by atoms with Crippen LogP contribution in [0.4, 0.5) is 0 Å². The number of methoxy groups -OCH3 is 1. The number of hydrogen-bond donors (Lipinski definition) is 1. The zero-order valence-corrected chi connectivity index (χ0v) is 19.6. The zero-order valence-electron chi connectivity index (χ0n) is 16.6. The molecule has 28 heavy (non-hydrogen) atoms. The zero-order chi connectivity index (χ0) is 20.8. The highest BCUT2D eigenvalue weighted by Gasteiger charge is 2.15. The van der Waals surface area contributed by atoms with Crippen LogP contribution in [0.5, 0.6) is 5.75 Å². The number of benzene rings is 1. The highest BCUT2D eigenvalue weighted by atomic mass is 127. The summed E-state index contributed by atoms with van der Waals surface area (Å²) >= 11 is 3.69. The fraction of sp³-hybridized carbons (Fsp3) is 0.333. The number of halogens is 1. The van der Waals surface area contributed by atoms with Gasteiger partial charge in [-0.05, 0) is 91.3 Å². The average Bonchev–Trinajstić information content (AvgIpc) is 3.13. The molecular formula is C21H24INO4S. The van der Waals surface area contributed by atoms with Crippen molar-refractivity contribution in [2.75, 3.05) is 13.7 Å². The quantitative estimate of drug-likeness (QED) is 0.318. The first-order valence-electron chi connectivity index (χ1n) is 8.80. The van der Waals surface area contributed by atoms with E-state index in [4.69, 9.17) is 4.74 Å². The topological polar surface area (TPSA) is 64.6 Å². The van der Waals surface area contributed by atoms with Crippen molar-refractivity contribution in [1.29, 1.82) is 0 Å². The lowest BCUT2D eigenvalue weighted by atomic mass is 10.1. The Bertz CT molecular complexity index is 890. The van der Waals surface area contributed by atoms with Crippen LogP contribution in [0.15, 0.2) is 29.8 Å². The van der Waals surface area contributed by atoms with Crippen molar-refractivity contribution in [1.82, 2.24) is 5.32 Å². The van der Waals surface area contributed by atoms with Crippen molar-refractivity contribution in [2.24, 2.45) is 0 Å². The Balaban J connectivity index is 2.15. The minimum absolute atomic E-state index is 0.147. The van der Waals surface area contributed by atoms with Gasteiger partial charge in [0.05, 0.1) is 23.3 Å². The summed E-state index contributed by atoms with van der Waals surface area (Å²) in [5.74, 6) is 0.965. The molecule has 0 saturated heterocycles. The number of carbonyl (C=O) groups excluding carboxylic acids is 2. The molecule has 5 nitrogen and oxygen atoms in total. The lowest BCUT2D eigenvalue weighted by Crippen LogP contribution is -2.25. The first kappa shape index (κ1) is 22.4. The summed E-state index contributed by atoms with van der Waals surface area (Å²) in [5, 5.41) is 2.73. The van der Waals surface area contributed by atoms with E-state index in [-0.39, 0.29) is 24.8 Å². The maximum absolute atomic E-state index is 12.3. The number of thiophene rings is 1. The molecule has 0 aliphatic heterocycles. The number of hydrogen-bond acceptors (Lipinski definition) is 5. The normalized spacial score (nSPS) is 10.4. The molecule has 2 aromatic rings. The molecule has 0 spiro atoms. The van der Waals surface area contributed by atoms with Gasteiger partial charge < -0.3 is 14.8 Å². The molecule has 0 unspecified atom stereocenters. The van der Waals surface area contributed by atoms with E-state index in [1.54, 1.807) is 6.07 Å². The van der Waals surface area contributed by atoms with Crippen LogP contribution in [0, 0.1) is 17.4 Å². The van der Waals surface area contributed by atoms with E-state index >= 15 is 0 Å². The van der Waals surface area contributed by atoms with E-state index in [2.05, 4.69) is 46.5 Å². The third kappa shape index (κ3) is 5.81. The van der Waals surface area contributed by atoms with E-state index < -0.39 is 0 Å². The maximum atomic E-state index is 12.3. The third-order valence-corrected chi connectivity index (χ3v) is 6.76. The average molecular weight is 513 g/mol. The predicted molar refractivity (Wildman–Crippen MR) is 121 cm³/mol. The molecule has 7 heteroatoms. The van der Waals surface area contributed by atoms with Crippen molar-refractivity contribution in [3.63, 3.8) is 0 Å². The summed E-state index contributed by atoms with van der Waals surface area (Å²) in [5.41, 5.74) is 3.36. The second-order valence-corrected chi connectivity index (χ2v) is 8.71. The summed E-state index contributed by atoms with van der Waals surface area (Å²) in [6, 6.07) is 7.69. The molecule has 0 radical (unpaired) electrons. The van der Waals surface area contributed by atoms with Crippen LogP contribution >= 0.6 is 33.9 Å². The molecule has 1 heterocycles. The van der Waals surface area contributed by atoms with Gasteiger partial charge in [0.15, 0.2) is 0 Å². The van der Waals surface area contributed by atoms with Gasteiger partial charge in [-0.1, -0.05) is 0 Å². The van der Waals surface area contributed by atoms with Crippen molar-refractivity contribution in [3.05, 3.63) is 54.3 Å². The first-order valence-corrected chi connectivity index (χ1v) is 10.7. The van der Waals surface area contributed by atoms with Gasteiger partial charge in [-0.3, -0.25) is 9.59 Å². The van der Waals surface area contributed by atoms with Crippen LogP contribution in [0.2, 0.25) is 0 Å². The number of ether oxygens (including phenoxy) is 2. The Labute approximate surface area is 183 Å². The van der Waals surface area contributed by atoms with Crippen LogP contribution in [-0.2, 0) is 9.53 Å². The number of esters is 1. The molecule has 150 valence electrons. The number of rotatable bonds is 7. The van der Waals surface area contributed by atoms with Crippen molar-refractivity contribution >= 4 is 51.6 Å². The molecule has 0 aliphatic rings. The highest BCUT2D eigenvalue weighted by molar-refractivity contribution is 14.1. The second-order valence-electron chi connectivity index (χ2n) is 6.55. The molecular weight excluding hydrogens is 489 g/mol. The standard InChI is InChI=1S/C21H24INO4S/c1-12(2)20(27-15-10-13(3)19(22)14(4)11-15)16-6-7-17(28-16)21(25)23-9-8-18(24)26-5/h6-7,10-11H,8-9H2,1-5H3,(H,23,25). The van der Waals surface area contributed by atoms with Crippen molar-refractivity contribution < 1.29 is 19.1 Å². The van der Waals surface area contributed by atoms with Crippen molar-refractivity contribution in [2.45, 2.75) is 34.1 Å². The molecule has 1 aromatic carbocycles. The van der Waals surface area contributed by atoms with Gasteiger partial charge in [0.1, 0.15) is 11.5 Å². The lowest BCUT2D eigenvalue weighted by molar-refractivity contribution is -0.140. The molecule has 0 aliphatic carbocycles. The predicted octanol–water partition coefficient (Wildman–Crippen LogP) is 5.09. The maximum Gasteiger partial charge on any atom is 0.307 e. The molecule has 0 fully saturated rings. The fourth-order valence-electron chi connectivity index (χ4n) is 2.53. The molecule has 0 saturated carbocycles. The van der Waals surface area contributed by atoms with Crippen LogP contribution in [0.3, 0.4) is 0 Å². The number of nitrogens with one attached hydrogen (secondary N) is 1. The molecule has 0 bridgehead atoms. The molecule has 1 amide bonds. The van der Waals surface area contributed by atoms with Gasteiger partial charge in [-0.15, -0.1) is 11.3 Å². The largest absolute Gasteiger partial charge is 0.469 e. The minimum Gasteiger partial charge on any atom is -0.469 e. The molecule has 2 rings (SSSR count). The van der Waals surface area contributed by atoms with Crippen molar-refractivity contribution in [3.8, 4) is 5.75 Å². The number of amides is 1. The SMILES string of the molecule is COC(=O)CCNC(=O)c1ccc(C(Oc2cc(C)c(I)c(C)c2)=C(C)C)s1. The fourth-order valence-corrected chi connectivity index (χ4v) is 3.85. The van der Waals surface area contributed by atoms with Crippen LogP contribution in [0.25, 0.3) is 5.76 Å². The number of allylic oxidation sites excluding steroid dienone is 1. The van der Waals surface area contributed by atoms with Gasteiger partial charge in [0, 0.05) is 10.1 Å². The highest BCUT2D eigenvalue weighted by Crippen LogP contribution is 2.31. The third-order valence-electron chi connectivity index (χ3n) is 3.98. The van der Waals surface area contributed by atoms with E-state index in [0.717, 1.165) is 22.0 Å². The number of carbonyl (C=O) groups is 2. The second kappa shape index (κ2) is 10.1. The van der Waals surface area contributed by atoms with Gasteiger partial charge in [0.25, 0.3) is 5.91 Å². The summed E-state index contributed by atoms with van der Waals surface area (Å²) in [7, 11) is 1.33. The lowest BCUT2D eigenvalue weighted by Gasteiger charge is -2.13. The van der Waals surface area contributed by atoms with E-state index in [9.17, 15) is 9.59 Å². The molecule has 1 aromatic heterocycles. The van der Waals surface area contributed by atoms with Gasteiger partial charge in [0.2, 0.25) is 0 Å². The summed E-state index contributed by atoms with van der Waals surface area (Å²) in [6.45, 7) is 8.33. The molecule has 1 N–H and O–H groups in total. The van der Waals surface area contributed by atoms with Crippen LogP contribution < -0.4 is 10.1 Å². The Morgan fingerprint density at radius 2 is 1.71 bits per heavy atom. The summed E-state index contributed by atoms with van der Waals surface area (Å²) < 4.78 is 12.0. The Morgan fingerprint density at radius 1 is 1.11 bits per heavy atom. The Morgan fingerprint density at radius 3 is 2.29 bits per heavy atom. The van der Waals surface area contributed by atoms with Crippen LogP contribution in [0.1, 0.15) is 45.9 Å². The first-order chi connectivity index (χ1) is 13.2. The smallest absolute Gasteiger partial charge is 0.307 e. The summed E-state index contributed by atoms with van der Waals surface area (Å²) in [6.07, 6.45) is 0.147. The summed E-state index contributed by atoms with van der Waals surface area (Å²) in [4.78, 5) is 24.9. The van der Waals surface area contributed by atoms with Gasteiger partial charge >= 0.3 is 5.97 Å². The van der Waals surface area contributed by atoms with Gasteiger partial charge in [-0.2, -0.15) is 0 Å². The van der Waals surface area contributed by atoms with Gasteiger partial charge in [-0.25, -0.2) is 0 Å². The van der Waals surface area contributed by atoms with Crippen LogP contribution in [-0.4, -0.2) is 25.5 Å². The molecule has 0 atom stereocenters. The van der Waals surface area contributed by atoms with E-state index in [1.165, 1.54) is 33.1 Å². The van der Waals surface area contributed by atoms with E-state index in [0.29, 0.717) is 4.88 Å². The Kier molecular flexibility index (Phi) is 8.06. The van der Waals surface area contributed by atoms with E-state index in [1.807, 2.05) is 32.0 Å². The monoisotopic (exact) mass is 513 g/mol. The minimum atomic E-state index is -0.351. The Hall–Kier alpha value is -1.87. The number of aryl methyl sites for hydroxylation is 2.